The van der Waals surface area contributed by atoms with Crippen LogP contribution in [0.25, 0.3) is 22.2 Å². The Labute approximate surface area is 150 Å². The van der Waals surface area contributed by atoms with E-state index in [1.54, 1.807) is 7.11 Å². The summed E-state index contributed by atoms with van der Waals surface area (Å²) in [7, 11) is 1.62. The molecular weight excluding hydrogens is 336 g/mol. The molecule has 0 spiro atoms. The normalized spacial score (nSPS) is 17.8. The van der Waals surface area contributed by atoms with E-state index in [0.717, 1.165) is 46.9 Å². The third-order valence-corrected chi connectivity index (χ3v) is 5.38. The van der Waals surface area contributed by atoms with Crippen LogP contribution < -0.4 is 15.4 Å². The number of hydrogen-bond donors (Lipinski definition) is 1. The van der Waals surface area contributed by atoms with E-state index in [1.807, 2.05) is 24.4 Å². The van der Waals surface area contributed by atoms with E-state index in [9.17, 15) is 0 Å². The van der Waals surface area contributed by atoms with Crippen molar-refractivity contribution in [2.75, 3.05) is 37.5 Å². The van der Waals surface area contributed by atoms with Crippen LogP contribution in [-0.2, 0) is 4.74 Å². The molecule has 2 aromatic heterocycles. The van der Waals surface area contributed by atoms with Gasteiger partial charge in [-0.3, -0.25) is 4.98 Å². The molecule has 2 N–H and O–H groups in total. The second-order valence-corrected chi connectivity index (χ2v) is 6.91. The molecule has 1 aliphatic heterocycles. The Balaban J connectivity index is 1.72. The van der Waals surface area contributed by atoms with Crippen molar-refractivity contribution < 1.29 is 9.47 Å². The Morgan fingerprint density at radius 3 is 3.00 bits per heavy atom. The highest BCUT2D eigenvalue weighted by Gasteiger charge is 2.23. The Kier molecular flexibility index (Phi) is 4.19. The topological polar surface area (TPSA) is 73.5 Å². The molecule has 0 amide bonds. The van der Waals surface area contributed by atoms with Crippen molar-refractivity contribution in [1.29, 1.82) is 0 Å². The zero-order valence-electron chi connectivity index (χ0n) is 14.2. The van der Waals surface area contributed by atoms with Crippen LogP contribution in [0.15, 0.2) is 30.5 Å². The number of pyridine rings is 1. The lowest BCUT2D eigenvalue weighted by Crippen LogP contribution is -2.43. The molecule has 1 fully saturated rings. The van der Waals surface area contributed by atoms with Crippen molar-refractivity contribution in [3.05, 3.63) is 30.5 Å². The van der Waals surface area contributed by atoms with Crippen LogP contribution in [-0.4, -0.2) is 42.3 Å². The van der Waals surface area contributed by atoms with Gasteiger partial charge in [0.2, 0.25) is 0 Å². The van der Waals surface area contributed by atoms with E-state index in [1.165, 1.54) is 11.5 Å². The highest BCUT2D eigenvalue weighted by molar-refractivity contribution is 7.11. The minimum absolute atomic E-state index is 0.334. The molecule has 130 valence electrons. The SMILES string of the molecule is COc1cc(-c2cnc3c(N4CCOC[C@H]4C)snc3c2)ccc1N. The van der Waals surface area contributed by atoms with E-state index in [-0.39, 0.29) is 0 Å². The van der Waals surface area contributed by atoms with Crippen molar-refractivity contribution in [1.82, 2.24) is 9.36 Å². The quantitative estimate of drug-likeness (QED) is 0.727. The van der Waals surface area contributed by atoms with E-state index in [0.29, 0.717) is 17.5 Å². The van der Waals surface area contributed by atoms with Crippen molar-refractivity contribution in [2.24, 2.45) is 0 Å². The van der Waals surface area contributed by atoms with Gasteiger partial charge in [-0.15, -0.1) is 0 Å². The van der Waals surface area contributed by atoms with Gasteiger partial charge in [0.05, 0.1) is 32.1 Å². The Bertz CT molecular complexity index is 911. The van der Waals surface area contributed by atoms with Crippen LogP contribution in [0.1, 0.15) is 6.92 Å². The minimum Gasteiger partial charge on any atom is -0.495 e. The standard InChI is InChI=1S/C18H20N4O2S/c1-11-10-24-6-5-22(11)18-17-15(21-25-18)7-13(9-20-17)12-3-4-14(19)16(8-12)23-2/h3-4,7-9,11H,5-6,10,19H2,1-2H3/t11-/m1/s1. The van der Waals surface area contributed by atoms with Gasteiger partial charge in [-0.2, -0.15) is 4.37 Å². The fourth-order valence-electron chi connectivity index (χ4n) is 3.09. The molecule has 1 saturated heterocycles. The molecule has 0 saturated carbocycles. The van der Waals surface area contributed by atoms with Crippen LogP contribution in [0, 0.1) is 0 Å². The number of benzene rings is 1. The van der Waals surface area contributed by atoms with Crippen LogP contribution in [0.4, 0.5) is 10.7 Å². The van der Waals surface area contributed by atoms with Gasteiger partial charge in [-0.25, -0.2) is 0 Å². The summed E-state index contributed by atoms with van der Waals surface area (Å²) >= 11 is 1.50. The lowest BCUT2D eigenvalue weighted by molar-refractivity contribution is 0.0994. The third-order valence-electron chi connectivity index (χ3n) is 4.50. The number of hydrogen-bond acceptors (Lipinski definition) is 7. The van der Waals surface area contributed by atoms with Gasteiger partial charge in [0.15, 0.2) is 0 Å². The summed E-state index contributed by atoms with van der Waals surface area (Å²) in [5, 5.41) is 1.12. The number of methoxy groups -OCH3 is 1. The summed E-state index contributed by atoms with van der Waals surface area (Å²) in [6.07, 6.45) is 1.89. The summed E-state index contributed by atoms with van der Waals surface area (Å²) in [6, 6.07) is 8.15. The number of nitrogens with two attached hydrogens (primary N) is 1. The Morgan fingerprint density at radius 2 is 2.20 bits per heavy atom. The fraction of sp³-hybridized carbons (Fsp3) is 0.333. The molecule has 3 aromatic rings. The lowest BCUT2D eigenvalue weighted by Gasteiger charge is -2.33. The molecule has 1 aliphatic rings. The van der Waals surface area contributed by atoms with Gasteiger partial charge in [-0.05, 0) is 42.2 Å². The number of fused-ring (bicyclic) bond motifs is 1. The predicted molar refractivity (Wildman–Crippen MR) is 101 cm³/mol. The summed E-state index contributed by atoms with van der Waals surface area (Å²) < 4.78 is 15.5. The average Bonchev–Trinajstić information content (AvgIpc) is 3.05. The van der Waals surface area contributed by atoms with Gasteiger partial charge < -0.3 is 20.1 Å². The maximum atomic E-state index is 5.90. The van der Waals surface area contributed by atoms with Crippen LogP contribution >= 0.6 is 11.5 Å². The number of nitrogen functional groups attached to an aromatic ring is 1. The van der Waals surface area contributed by atoms with E-state index < -0.39 is 0 Å². The molecule has 7 heteroatoms. The average molecular weight is 356 g/mol. The molecule has 0 unspecified atom stereocenters. The first kappa shape index (κ1) is 16.1. The van der Waals surface area contributed by atoms with Crippen LogP contribution in [0.5, 0.6) is 5.75 Å². The zero-order valence-corrected chi connectivity index (χ0v) is 15.0. The molecule has 0 aliphatic carbocycles. The predicted octanol–water partition coefficient (Wildman–Crippen LogP) is 3.17. The first-order valence-electron chi connectivity index (χ1n) is 8.21. The van der Waals surface area contributed by atoms with Gasteiger partial charge in [0.1, 0.15) is 21.8 Å². The molecule has 25 heavy (non-hydrogen) atoms. The van der Waals surface area contributed by atoms with Gasteiger partial charge >= 0.3 is 0 Å². The monoisotopic (exact) mass is 356 g/mol. The van der Waals surface area contributed by atoms with Crippen LogP contribution in [0.2, 0.25) is 0 Å². The van der Waals surface area contributed by atoms with E-state index in [4.69, 9.17) is 20.2 Å². The first-order chi connectivity index (χ1) is 12.2. The molecular formula is C18H20N4O2S. The molecule has 4 rings (SSSR count). The molecule has 0 radical (unpaired) electrons. The van der Waals surface area contributed by atoms with Crippen molar-refractivity contribution in [2.45, 2.75) is 13.0 Å². The molecule has 1 atom stereocenters. The highest BCUT2D eigenvalue weighted by Crippen LogP contribution is 2.35. The lowest BCUT2D eigenvalue weighted by atomic mass is 10.1. The second-order valence-electron chi connectivity index (χ2n) is 6.15. The number of ether oxygens (including phenoxy) is 2. The zero-order chi connectivity index (χ0) is 17.4. The van der Waals surface area contributed by atoms with Gasteiger partial charge in [-0.1, -0.05) is 6.07 Å². The highest BCUT2D eigenvalue weighted by atomic mass is 32.1. The maximum Gasteiger partial charge on any atom is 0.142 e. The largest absolute Gasteiger partial charge is 0.495 e. The molecule has 3 heterocycles. The van der Waals surface area contributed by atoms with Gasteiger partial charge in [0.25, 0.3) is 0 Å². The van der Waals surface area contributed by atoms with Crippen molar-refractivity contribution in [3.8, 4) is 16.9 Å². The minimum atomic E-state index is 0.334. The summed E-state index contributed by atoms with van der Waals surface area (Å²) in [4.78, 5) is 7.03. The fourth-order valence-corrected chi connectivity index (χ4v) is 4.03. The number of aromatic nitrogens is 2. The summed E-state index contributed by atoms with van der Waals surface area (Å²) in [6.45, 7) is 4.52. The number of anilines is 2. The third kappa shape index (κ3) is 2.89. The number of rotatable bonds is 3. The second kappa shape index (κ2) is 6.50. The van der Waals surface area contributed by atoms with Crippen LogP contribution in [0.3, 0.4) is 0 Å². The van der Waals surface area contributed by atoms with E-state index in [2.05, 4.69) is 22.3 Å². The number of nitrogens with zero attached hydrogens (tertiary/aromatic N) is 3. The maximum absolute atomic E-state index is 5.90. The van der Waals surface area contributed by atoms with Crippen molar-refractivity contribution >= 4 is 33.3 Å². The molecule has 0 bridgehead atoms. The van der Waals surface area contributed by atoms with Gasteiger partial charge in [0, 0.05) is 18.3 Å². The first-order valence-corrected chi connectivity index (χ1v) is 8.98. The smallest absolute Gasteiger partial charge is 0.142 e. The Hall–Kier alpha value is -2.38. The number of morpholine rings is 1. The molecule has 6 nitrogen and oxygen atoms in total. The molecule has 1 aromatic carbocycles. The summed E-state index contributed by atoms with van der Waals surface area (Å²) in [5.41, 5.74) is 10.4. The van der Waals surface area contributed by atoms with E-state index >= 15 is 0 Å². The summed E-state index contributed by atoms with van der Waals surface area (Å²) in [5.74, 6) is 0.665. The Morgan fingerprint density at radius 1 is 1.32 bits per heavy atom. The van der Waals surface area contributed by atoms with Crippen molar-refractivity contribution in [3.63, 3.8) is 0 Å².